The van der Waals surface area contributed by atoms with Crippen LogP contribution >= 0.6 is 0 Å². The minimum absolute atomic E-state index is 0.174. The molecule has 15 heavy (non-hydrogen) atoms. The average molecular weight is 230 g/mol. The van der Waals surface area contributed by atoms with E-state index in [1.165, 1.54) is 0 Å². The van der Waals surface area contributed by atoms with Gasteiger partial charge in [0.25, 0.3) is 0 Å². The molecule has 1 aliphatic rings. The molecule has 0 aromatic carbocycles. The molecule has 0 aliphatic carbocycles. The van der Waals surface area contributed by atoms with Crippen molar-refractivity contribution in [3.8, 4) is 0 Å². The van der Waals surface area contributed by atoms with Crippen LogP contribution in [0.2, 0.25) is 0 Å². The van der Waals surface area contributed by atoms with Gasteiger partial charge in [-0.3, -0.25) is 5.10 Å². The Labute approximate surface area is 88.2 Å². The third kappa shape index (κ3) is 2.41. The van der Waals surface area contributed by atoms with Crippen molar-refractivity contribution < 1.29 is 8.42 Å². The maximum absolute atomic E-state index is 11.2. The van der Waals surface area contributed by atoms with Gasteiger partial charge in [-0.1, -0.05) is 0 Å². The molecule has 0 atom stereocenters. The number of hydrogen-bond donors (Lipinski definition) is 3. The third-order valence-electron chi connectivity index (χ3n) is 2.58. The molecule has 1 fully saturated rings. The van der Waals surface area contributed by atoms with E-state index in [-0.39, 0.29) is 17.5 Å². The topological polar surface area (TPSA) is 101 Å². The van der Waals surface area contributed by atoms with Crippen molar-refractivity contribution in [2.24, 2.45) is 0 Å². The van der Waals surface area contributed by atoms with E-state index in [4.69, 9.17) is 5.73 Å². The van der Waals surface area contributed by atoms with E-state index in [0.29, 0.717) is 18.7 Å². The fourth-order valence-electron chi connectivity index (χ4n) is 1.67. The Morgan fingerprint density at radius 1 is 1.47 bits per heavy atom. The highest BCUT2D eigenvalue weighted by Gasteiger charge is 2.23. The molecule has 6 nitrogen and oxygen atoms in total. The summed E-state index contributed by atoms with van der Waals surface area (Å²) in [5, 5.41) is 9.59. The first-order chi connectivity index (χ1) is 7.07. The molecule has 0 spiro atoms. The summed E-state index contributed by atoms with van der Waals surface area (Å²) in [7, 11) is -2.80. The summed E-state index contributed by atoms with van der Waals surface area (Å²) < 4.78 is 22.4. The molecule has 1 aliphatic heterocycles. The molecule has 0 amide bonds. The molecule has 0 radical (unpaired) electrons. The Morgan fingerprint density at radius 3 is 2.67 bits per heavy atom. The Balaban J connectivity index is 1.96. The molecule has 0 bridgehead atoms. The van der Waals surface area contributed by atoms with Gasteiger partial charge >= 0.3 is 0 Å². The second-order valence-corrected chi connectivity index (χ2v) is 6.07. The number of anilines is 2. The second-order valence-electron chi connectivity index (χ2n) is 3.77. The molecule has 1 aromatic heterocycles. The summed E-state index contributed by atoms with van der Waals surface area (Å²) in [6.45, 7) is 0. The number of aromatic nitrogens is 2. The van der Waals surface area contributed by atoms with Crippen LogP contribution in [0.3, 0.4) is 0 Å². The Morgan fingerprint density at radius 2 is 2.13 bits per heavy atom. The highest BCUT2D eigenvalue weighted by atomic mass is 32.2. The lowest BCUT2D eigenvalue weighted by atomic mass is 10.1. The van der Waals surface area contributed by atoms with Gasteiger partial charge in [-0.05, 0) is 12.8 Å². The molecule has 84 valence electrons. The van der Waals surface area contributed by atoms with Crippen LogP contribution in [0.15, 0.2) is 6.20 Å². The zero-order valence-corrected chi connectivity index (χ0v) is 9.05. The maximum atomic E-state index is 11.2. The molecule has 2 rings (SSSR count). The van der Waals surface area contributed by atoms with Gasteiger partial charge in [0.15, 0.2) is 0 Å². The van der Waals surface area contributed by atoms with E-state index in [0.717, 1.165) is 5.69 Å². The van der Waals surface area contributed by atoms with Gasteiger partial charge in [0, 0.05) is 6.04 Å². The van der Waals surface area contributed by atoms with Crippen molar-refractivity contribution in [1.29, 1.82) is 0 Å². The van der Waals surface area contributed by atoms with Gasteiger partial charge in [0.05, 0.1) is 23.4 Å². The number of H-pyrrole nitrogens is 1. The van der Waals surface area contributed by atoms with Crippen molar-refractivity contribution >= 4 is 21.3 Å². The third-order valence-corrected chi connectivity index (χ3v) is 4.30. The zero-order chi connectivity index (χ0) is 10.9. The summed E-state index contributed by atoms with van der Waals surface area (Å²) in [6.07, 6.45) is 2.87. The van der Waals surface area contributed by atoms with Crippen molar-refractivity contribution in [3.63, 3.8) is 0 Å². The van der Waals surface area contributed by atoms with Crippen LogP contribution in [0.5, 0.6) is 0 Å². The summed E-state index contributed by atoms with van der Waals surface area (Å²) >= 11 is 0. The first-order valence-corrected chi connectivity index (χ1v) is 6.65. The highest BCUT2D eigenvalue weighted by molar-refractivity contribution is 7.91. The monoisotopic (exact) mass is 230 g/mol. The van der Waals surface area contributed by atoms with E-state index in [9.17, 15) is 8.42 Å². The van der Waals surface area contributed by atoms with Gasteiger partial charge in [-0.2, -0.15) is 5.10 Å². The molecule has 7 heteroatoms. The molecule has 4 N–H and O–H groups in total. The SMILES string of the molecule is Nc1[nH]ncc1NC1CCS(=O)(=O)CC1. The lowest BCUT2D eigenvalue weighted by molar-refractivity contribution is 0.559. The van der Waals surface area contributed by atoms with Crippen molar-refractivity contribution in [2.75, 3.05) is 22.6 Å². The number of nitrogens with zero attached hydrogens (tertiary/aromatic N) is 1. The van der Waals surface area contributed by atoms with Crippen LogP contribution in [-0.2, 0) is 9.84 Å². The van der Waals surface area contributed by atoms with E-state index in [1.807, 2.05) is 0 Å². The lowest BCUT2D eigenvalue weighted by Crippen LogP contribution is -2.32. The average Bonchev–Trinajstić information content (AvgIpc) is 2.56. The number of hydrogen-bond acceptors (Lipinski definition) is 5. The van der Waals surface area contributed by atoms with E-state index in [2.05, 4.69) is 15.5 Å². The van der Waals surface area contributed by atoms with E-state index in [1.54, 1.807) is 6.20 Å². The second kappa shape index (κ2) is 3.73. The molecule has 1 saturated heterocycles. The van der Waals surface area contributed by atoms with Gasteiger partial charge in [-0.15, -0.1) is 0 Å². The normalized spacial score (nSPS) is 21.3. The van der Waals surface area contributed by atoms with Crippen molar-refractivity contribution in [1.82, 2.24) is 10.2 Å². The molecular formula is C8H14N4O2S. The Kier molecular flexibility index (Phi) is 2.56. The molecule has 2 heterocycles. The molecule has 0 saturated carbocycles. The van der Waals surface area contributed by atoms with Crippen molar-refractivity contribution in [3.05, 3.63) is 6.20 Å². The van der Waals surface area contributed by atoms with Crippen LogP contribution in [0.4, 0.5) is 11.5 Å². The number of sulfone groups is 1. The predicted octanol–water partition coefficient (Wildman–Crippen LogP) is -0.0190. The Hall–Kier alpha value is -1.24. The zero-order valence-electron chi connectivity index (χ0n) is 8.23. The van der Waals surface area contributed by atoms with Crippen LogP contribution in [0.25, 0.3) is 0 Å². The molecule has 1 aromatic rings. The molecular weight excluding hydrogens is 216 g/mol. The number of rotatable bonds is 2. The number of nitrogens with one attached hydrogen (secondary N) is 2. The number of nitrogen functional groups attached to an aromatic ring is 1. The first-order valence-electron chi connectivity index (χ1n) is 4.83. The van der Waals surface area contributed by atoms with Crippen LogP contribution in [0.1, 0.15) is 12.8 Å². The van der Waals surface area contributed by atoms with E-state index < -0.39 is 9.84 Å². The number of nitrogens with two attached hydrogens (primary N) is 1. The van der Waals surface area contributed by atoms with Gasteiger partial charge in [-0.25, -0.2) is 8.42 Å². The van der Waals surface area contributed by atoms with E-state index >= 15 is 0 Å². The van der Waals surface area contributed by atoms with Gasteiger partial charge < -0.3 is 11.1 Å². The van der Waals surface area contributed by atoms with Gasteiger partial charge in [0.1, 0.15) is 15.7 Å². The fraction of sp³-hybridized carbons (Fsp3) is 0.625. The number of aromatic amines is 1. The van der Waals surface area contributed by atoms with Crippen LogP contribution < -0.4 is 11.1 Å². The van der Waals surface area contributed by atoms with Crippen molar-refractivity contribution in [2.45, 2.75) is 18.9 Å². The lowest BCUT2D eigenvalue weighted by Gasteiger charge is -2.23. The highest BCUT2D eigenvalue weighted by Crippen LogP contribution is 2.20. The minimum atomic E-state index is -2.80. The summed E-state index contributed by atoms with van der Waals surface area (Å²) in [5.74, 6) is 0.994. The summed E-state index contributed by atoms with van der Waals surface area (Å²) in [5.41, 5.74) is 6.36. The molecule has 0 unspecified atom stereocenters. The summed E-state index contributed by atoms with van der Waals surface area (Å²) in [6, 6.07) is 0.174. The maximum Gasteiger partial charge on any atom is 0.150 e. The quantitative estimate of drug-likeness (QED) is 0.663. The smallest absolute Gasteiger partial charge is 0.150 e. The minimum Gasteiger partial charge on any atom is -0.382 e. The Bertz CT molecular complexity index is 425. The van der Waals surface area contributed by atoms with Crippen LogP contribution in [0, 0.1) is 0 Å². The summed E-state index contributed by atoms with van der Waals surface area (Å²) in [4.78, 5) is 0. The van der Waals surface area contributed by atoms with Crippen LogP contribution in [-0.4, -0.2) is 36.2 Å². The first kappa shape index (κ1) is 10.3. The largest absolute Gasteiger partial charge is 0.382 e. The predicted molar refractivity (Wildman–Crippen MR) is 58.3 cm³/mol. The van der Waals surface area contributed by atoms with Gasteiger partial charge in [0.2, 0.25) is 0 Å². The fourth-order valence-corrected chi connectivity index (χ4v) is 3.16. The standard InChI is InChI=1S/C8H14N4O2S/c9-8-7(5-10-12-8)11-6-1-3-15(13,14)4-2-6/h5-6,11H,1-4H2,(H3,9,10,12).